The number of nitrogen functional groups attached to an aromatic ring is 1. The molecule has 0 aliphatic carbocycles. The lowest BCUT2D eigenvalue weighted by molar-refractivity contribution is 1.09. The van der Waals surface area contributed by atoms with Gasteiger partial charge in [0.25, 0.3) is 0 Å². The topological polar surface area (TPSA) is 51.8 Å². The van der Waals surface area contributed by atoms with Crippen LogP contribution in [0.4, 0.5) is 5.69 Å². The molecule has 0 aliphatic heterocycles. The summed E-state index contributed by atoms with van der Waals surface area (Å²) in [6.45, 7) is 0. The van der Waals surface area contributed by atoms with Crippen LogP contribution in [-0.2, 0) is 0 Å². The van der Waals surface area contributed by atoms with Gasteiger partial charge in [0.1, 0.15) is 10.1 Å². The highest BCUT2D eigenvalue weighted by atomic mass is 35.5. The molecule has 5 heteroatoms. The monoisotopic (exact) mass is 237 g/mol. The van der Waals surface area contributed by atoms with E-state index >= 15 is 0 Å². The molecule has 76 valence electrons. The van der Waals surface area contributed by atoms with Gasteiger partial charge in [0.2, 0.25) is 0 Å². The number of aromatic nitrogens is 2. The van der Waals surface area contributed by atoms with Gasteiger partial charge in [0.15, 0.2) is 0 Å². The Kier molecular flexibility index (Phi) is 3.08. The molecule has 2 N–H and O–H groups in total. The fraction of sp³-hybridized carbons (Fsp3) is 0. The molecule has 15 heavy (non-hydrogen) atoms. The maximum atomic E-state index is 5.97. The van der Waals surface area contributed by atoms with E-state index in [1.165, 1.54) is 11.8 Å². The summed E-state index contributed by atoms with van der Waals surface area (Å²) in [7, 11) is 0. The summed E-state index contributed by atoms with van der Waals surface area (Å²) in [5, 5.41) is 2.20. The summed E-state index contributed by atoms with van der Waals surface area (Å²) in [6, 6.07) is 7.23. The number of hydrogen-bond acceptors (Lipinski definition) is 4. The Morgan fingerprint density at radius 2 is 2.07 bits per heavy atom. The summed E-state index contributed by atoms with van der Waals surface area (Å²) >= 11 is 7.38. The second-order valence-electron chi connectivity index (χ2n) is 2.82. The molecule has 0 spiro atoms. The number of nitrogens with two attached hydrogens (primary N) is 1. The van der Waals surface area contributed by atoms with E-state index < -0.39 is 0 Å². The first kappa shape index (κ1) is 10.3. The molecule has 2 rings (SSSR count). The summed E-state index contributed by atoms with van der Waals surface area (Å²) in [5.41, 5.74) is 6.18. The van der Waals surface area contributed by atoms with E-state index in [1.54, 1.807) is 30.6 Å². The lowest BCUT2D eigenvalue weighted by atomic mass is 10.4. The van der Waals surface area contributed by atoms with Crippen molar-refractivity contribution >= 4 is 29.1 Å². The first-order chi connectivity index (χ1) is 7.25. The summed E-state index contributed by atoms with van der Waals surface area (Å²) in [4.78, 5) is 8.31. The molecule has 0 unspecified atom stereocenters. The second kappa shape index (κ2) is 4.51. The van der Waals surface area contributed by atoms with Crippen molar-refractivity contribution in [2.75, 3.05) is 5.73 Å². The van der Waals surface area contributed by atoms with E-state index in [0.717, 1.165) is 10.1 Å². The Morgan fingerprint density at radius 3 is 2.73 bits per heavy atom. The van der Waals surface area contributed by atoms with Gasteiger partial charge < -0.3 is 5.73 Å². The van der Waals surface area contributed by atoms with Gasteiger partial charge in [-0.15, -0.1) is 0 Å². The van der Waals surface area contributed by atoms with Crippen LogP contribution >= 0.6 is 23.4 Å². The van der Waals surface area contributed by atoms with Crippen molar-refractivity contribution in [1.82, 2.24) is 9.97 Å². The largest absolute Gasteiger partial charge is 0.397 e. The SMILES string of the molecule is Nc1ccc(Sc2ncccc2Cl)nc1. The van der Waals surface area contributed by atoms with Crippen LogP contribution in [0.5, 0.6) is 0 Å². The Bertz CT molecular complexity index is 458. The van der Waals surface area contributed by atoms with Gasteiger partial charge in [-0.3, -0.25) is 0 Å². The molecule has 2 aromatic heterocycles. The van der Waals surface area contributed by atoms with Gasteiger partial charge in [-0.1, -0.05) is 11.6 Å². The lowest BCUT2D eigenvalue weighted by Crippen LogP contribution is -1.87. The van der Waals surface area contributed by atoms with E-state index in [9.17, 15) is 0 Å². The van der Waals surface area contributed by atoms with E-state index in [1.807, 2.05) is 6.07 Å². The molecule has 0 fully saturated rings. The average molecular weight is 238 g/mol. The van der Waals surface area contributed by atoms with Crippen molar-refractivity contribution in [3.63, 3.8) is 0 Å². The standard InChI is InChI=1S/C10H8ClN3S/c11-8-2-1-5-13-10(8)15-9-4-3-7(12)6-14-9/h1-6H,12H2. The number of anilines is 1. The Balaban J connectivity index is 2.22. The predicted molar refractivity (Wildman–Crippen MR) is 62.0 cm³/mol. The predicted octanol–water partition coefficient (Wildman–Crippen LogP) is 2.86. The zero-order chi connectivity index (χ0) is 10.7. The average Bonchev–Trinajstić information content (AvgIpc) is 2.25. The third-order valence-electron chi connectivity index (χ3n) is 1.69. The van der Waals surface area contributed by atoms with Crippen molar-refractivity contribution in [3.8, 4) is 0 Å². The minimum atomic E-state index is 0.626. The van der Waals surface area contributed by atoms with Gasteiger partial charge in [-0.25, -0.2) is 9.97 Å². The summed E-state index contributed by atoms with van der Waals surface area (Å²) in [5.74, 6) is 0. The van der Waals surface area contributed by atoms with Crippen molar-refractivity contribution < 1.29 is 0 Å². The minimum Gasteiger partial charge on any atom is -0.397 e. The molecule has 0 saturated carbocycles. The van der Waals surface area contributed by atoms with Crippen LogP contribution in [0.1, 0.15) is 0 Å². The fourth-order valence-corrected chi connectivity index (χ4v) is 1.95. The molecule has 0 bridgehead atoms. The first-order valence-corrected chi connectivity index (χ1v) is 5.45. The lowest BCUT2D eigenvalue weighted by Gasteiger charge is -2.01. The maximum Gasteiger partial charge on any atom is 0.121 e. The van der Waals surface area contributed by atoms with Gasteiger partial charge in [0.05, 0.1) is 16.9 Å². The Morgan fingerprint density at radius 1 is 1.20 bits per heavy atom. The zero-order valence-corrected chi connectivity index (χ0v) is 9.29. The number of hydrogen-bond donors (Lipinski definition) is 1. The molecule has 0 atom stereocenters. The molecular formula is C10H8ClN3S. The molecule has 3 nitrogen and oxygen atoms in total. The van der Waals surface area contributed by atoms with Crippen LogP contribution in [0.15, 0.2) is 46.7 Å². The van der Waals surface area contributed by atoms with Crippen molar-refractivity contribution in [1.29, 1.82) is 0 Å². The molecule has 0 aliphatic rings. The fourth-order valence-electron chi connectivity index (χ4n) is 0.997. The van der Waals surface area contributed by atoms with Gasteiger partial charge in [-0.05, 0) is 36.0 Å². The number of halogens is 1. The first-order valence-electron chi connectivity index (χ1n) is 4.25. The van der Waals surface area contributed by atoms with Crippen LogP contribution in [0.3, 0.4) is 0 Å². The van der Waals surface area contributed by atoms with Crippen LogP contribution in [-0.4, -0.2) is 9.97 Å². The van der Waals surface area contributed by atoms with Crippen LogP contribution < -0.4 is 5.73 Å². The maximum absolute atomic E-state index is 5.97. The van der Waals surface area contributed by atoms with Gasteiger partial charge >= 0.3 is 0 Å². The van der Waals surface area contributed by atoms with Gasteiger partial charge in [-0.2, -0.15) is 0 Å². The summed E-state index contributed by atoms with van der Waals surface area (Å²) < 4.78 is 0. The quantitative estimate of drug-likeness (QED) is 0.873. The highest BCUT2D eigenvalue weighted by molar-refractivity contribution is 7.99. The Hall–Kier alpha value is -1.26. The van der Waals surface area contributed by atoms with E-state index in [2.05, 4.69) is 9.97 Å². The highest BCUT2D eigenvalue weighted by Gasteiger charge is 2.03. The van der Waals surface area contributed by atoms with E-state index in [-0.39, 0.29) is 0 Å². The zero-order valence-electron chi connectivity index (χ0n) is 7.72. The molecule has 2 aromatic rings. The molecule has 0 amide bonds. The van der Waals surface area contributed by atoms with Crippen LogP contribution in [0.2, 0.25) is 5.02 Å². The van der Waals surface area contributed by atoms with Crippen molar-refractivity contribution in [2.24, 2.45) is 0 Å². The molecule has 0 aromatic carbocycles. The smallest absolute Gasteiger partial charge is 0.121 e. The van der Waals surface area contributed by atoms with Crippen LogP contribution in [0, 0.1) is 0 Å². The third-order valence-corrected chi connectivity index (χ3v) is 3.07. The second-order valence-corrected chi connectivity index (χ2v) is 4.24. The van der Waals surface area contributed by atoms with Crippen molar-refractivity contribution in [3.05, 3.63) is 41.7 Å². The molecule has 2 heterocycles. The highest BCUT2D eigenvalue weighted by Crippen LogP contribution is 2.29. The molecule has 0 radical (unpaired) electrons. The van der Waals surface area contributed by atoms with E-state index in [4.69, 9.17) is 17.3 Å². The summed E-state index contributed by atoms with van der Waals surface area (Å²) in [6.07, 6.45) is 3.31. The van der Waals surface area contributed by atoms with Crippen molar-refractivity contribution in [2.45, 2.75) is 10.1 Å². The third kappa shape index (κ3) is 2.61. The number of rotatable bonds is 2. The number of pyridine rings is 2. The Labute approximate surface area is 96.7 Å². The minimum absolute atomic E-state index is 0.626. The van der Waals surface area contributed by atoms with E-state index in [0.29, 0.717) is 10.7 Å². The van der Waals surface area contributed by atoms with Crippen LogP contribution in [0.25, 0.3) is 0 Å². The number of nitrogens with zero attached hydrogens (tertiary/aromatic N) is 2. The van der Waals surface area contributed by atoms with Gasteiger partial charge in [0, 0.05) is 6.20 Å². The normalized spacial score (nSPS) is 10.2. The molecule has 0 saturated heterocycles. The molecular weight excluding hydrogens is 230 g/mol.